The van der Waals surface area contributed by atoms with Crippen molar-refractivity contribution in [2.75, 3.05) is 5.73 Å². The summed E-state index contributed by atoms with van der Waals surface area (Å²) in [6, 6.07) is 17.9. The van der Waals surface area contributed by atoms with Gasteiger partial charge in [-0.05, 0) is 30.5 Å². The molecule has 1 fully saturated rings. The third-order valence-electron chi connectivity index (χ3n) is 4.11. The number of benzene rings is 2. The van der Waals surface area contributed by atoms with Crippen molar-refractivity contribution in [3.8, 4) is 11.4 Å². The van der Waals surface area contributed by atoms with E-state index in [0.29, 0.717) is 17.4 Å². The highest BCUT2D eigenvalue weighted by atomic mass is 16.5. The molecule has 0 radical (unpaired) electrons. The normalized spacial score (nSPS) is 15.8. The van der Waals surface area contributed by atoms with Gasteiger partial charge in [0.1, 0.15) is 0 Å². The van der Waals surface area contributed by atoms with E-state index in [1.54, 1.807) is 0 Å². The van der Waals surface area contributed by atoms with Crippen molar-refractivity contribution >= 4 is 5.69 Å². The van der Waals surface area contributed by atoms with E-state index in [4.69, 9.17) is 10.3 Å². The van der Waals surface area contributed by atoms with Gasteiger partial charge >= 0.3 is 0 Å². The quantitative estimate of drug-likeness (QED) is 0.745. The van der Waals surface area contributed by atoms with Crippen LogP contribution in [0.25, 0.3) is 11.4 Å². The lowest BCUT2D eigenvalue weighted by atomic mass is 9.96. The van der Waals surface area contributed by atoms with Crippen LogP contribution in [0.3, 0.4) is 0 Å². The molecule has 3 aromatic rings. The summed E-state index contributed by atoms with van der Waals surface area (Å²) in [5, 5.41) is 4.11. The van der Waals surface area contributed by atoms with Crippen LogP contribution in [0.1, 0.15) is 24.3 Å². The van der Waals surface area contributed by atoms with Gasteiger partial charge in [0, 0.05) is 11.3 Å². The van der Waals surface area contributed by atoms with Crippen LogP contribution in [0.4, 0.5) is 5.69 Å². The molecule has 0 amide bonds. The number of para-hydroxylation sites is 1. The van der Waals surface area contributed by atoms with E-state index in [-0.39, 0.29) is 5.41 Å². The third kappa shape index (κ3) is 1.91. The van der Waals surface area contributed by atoms with E-state index in [1.165, 1.54) is 5.56 Å². The number of hydrogen-bond donors (Lipinski definition) is 1. The Morgan fingerprint density at radius 1 is 0.952 bits per heavy atom. The predicted octanol–water partition coefficient (Wildman–Crippen LogP) is 3.40. The second-order valence-corrected chi connectivity index (χ2v) is 5.46. The molecule has 2 N–H and O–H groups in total. The van der Waals surface area contributed by atoms with Crippen LogP contribution in [-0.4, -0.2) is 10.1 Å². The number of hydrogen-bond acceptors (Lipinski definition) is 4. The third-order valence-corrected chi connectivity index (χ3v) is 4.11. The zero-order chi connectivity index (χ0) is 14.3. The summed E-state index contributed by atoms with van der Waals surface area (Å²) in [5.74, 6) is 1.25. The van der Waals surface area contributed by atoms with Crippen molar-refractivity contribution in [2.24, 2.45) is 0 Å². The second-order valence-electron chi connectivity index (χ2n) is 5.46. The largest absolute Gasteiger partial charge is 0.398 e. The monoisotopic (exact) mass is 277 g/mol. The molecule has 0 saturated heterocycles. The number of aromatic nitrogens is 2. The average molecular weight is 277 g/mol. The van der Waals surface area contributed by atoms with Gasteiger partial charge in [-0.1, -0.05) is 47.6 Å². The molecule has 104 valence electrons. The van der Waals surface area contributed by atoms with Gasteiger partial charge in [-0.2, -0.15) is 4.98 Å². The molecule has 1 aliphatic carbocycles. The number of nitrogen functional groups attached to an aromatic ring is 1. The maximum Gasteiger partial charge on any atom is 0.237 e. The second kappa shape index (κ2) is 4.45. The minimum atomic E-state index is -0.101. The molecule has 1 aromatic heterocycles. The van der Waals surface area contributed by atoms with Gasteiger partial charge in [-0.3, -0.25) is 0 Å². The van der Waals surface area contributed by atoms with Crippen LogP contribution in [-0.2, 0) is 5.41 Å². The Morgan fingerprint density at radius 2 is 1.67 bits per heavy atom. The van der Waals surface area contributed by atoms with E-state index in [0.717, 1.165) is 18.4 Å². The first kappa shape index (κ1) is 12.1. The average Bonchev–Trinajstić information content (AvgIpc) is 3.20. The summed E-state index contributed by atoms with van der Waals surface area (Å²) >= 11 is 0. The molecule has 2 aromatic carbocycles. The molecule has 4 nitrogen and oxygen atoms in total. The minimum Gasteiger partial charge on any atom is -0.398 e. The zero-order valence-corrected chi connectivity index (χ0v) is 11.5. The van der Waals surface area contributed by atoms with Crippen LogP contribution in [0.15, 0.2) is 59.1 Å². The number of rotatable bonds is 3. The maximum atomic E-state index is 5.98. The number of nitrogens with zero attached hydrogens (tertiary/aromatic N) is 2. The Kier molecular flexibility index (Phi) is 2.57. The molecular formula is C17H15N3O. The SMILES string of the molecule is Nc1ccccc1-c1noc(C2(c3ccccc3)CC2)n1. The summed E-state index contributed by atoms with van der Waals surface area (Å²) < 4.78 is 5.54. The lowest BCUT2D eigenvalue weighted by molar-refractivity contribution is 0.360. The molecule has 1 aliphatic rings. The van der Waals surface area contributed by atoms with Gasteiger partial charge in [0.2, 0.25) is 11.7 Å². The number of nitrogens with two attached hydrogens (primary N) is 1. The molecule has 4 rings (SSSR count). The van der Waals surface area contributed by atoms with Crippen LogP contribution in [0, 0.1) is 0 Å². The highest BCUT2D eigenvalue weighted by molar-refractivity contribution is 5.70. The van der Waals surface area contributed by atoms with Crippen LogP contribution >= 0.6 is 0 Å². The molecule has 21 heavy (non-hydrogen) atoms. The first-order valence-corrected chi connectivity index (χ1v) is 7.04. The summed E-state index contributed by atoms with van der Waals surface area (Å²) in [4.78, 5) is 4.59. The summed E-state index contributed by atoms with van der Waals surface area (Å²) in [6.07, 6.45) is 2.09. The highest BCUT2D eigenvalue weighted by Crippen LogP contribution is 2.53. The van der Waals surface area contributed by atoms with Crippen molar-refractivity contribution in [3.63, 3.8) is 0 Å². The molecule has 4 heteroatoms. The van der Waals surface area contributed by atoms with Gasteiger partial charge in [-0.15, -0.1) is 0 Å². The molecule has 0 spiro atoms. The van der Waals surface area contributed by atoms with Crippen molar-refractivity contribution in [3.05, 3.63) is 66.1 Å². The fourth-order valence-electron chi connectivity index (χ4n) is 2.74. The molecule has 1 saturated carbocycles. The van der Waals surface area contributed by atoms with Crippen molar-refractivity contribution in [2.45, 2.75) is 18.3 Å². The van der Waals surface area contributed by atoms with E-state index in [9.17, 15) is 0 Å². The zero-order valence-electron chi connectivity index (χ0n) is 11.5. The van der Waals surface area contributed by atoms with Crippen LogP contribution < -0.4 is 5.73 Å². The molecule has 0 aliphatic heterocycles. The van der Waals surface area contributed by atoms with Crippen LogP contribution in [0.5, 0.6) is 0 Å². The first-order chi connectivity index (χ1) is 10.3. The fourth-order valence-corrected chi connectivity index (χ4v) is 2.74. The molecular weight excluding hydrogens is 262 g/mol. The Bertz CT molecular complexity index is 775. The van der Waals surface area contributed by atoms with Crippen molar-refractivity contribution in [1.29, 1.82) is 0 Å². The topological polar surface area (TPSA) is 64.9 Å². The van der Waals surface area contributed by atoms with Crippen LogP contribution in [0.2, 0.25) is 0 Å². The van der Waals surface area contributed by atoms with Gasteiger partial charge in [-0.25, -0.2) is 0 Å². The van der Waals surface area contributed by atoms with E-state index in [1.807, 2.05) is 42.5 Å². The Labute approximate surface area is 122 Å². The lowest BCUT2D eigenvalue weighted by Crippen LogP contribution is -2.08. The standard InChI is InChI=1S/C17H15N3O/c18-14-9-5-4-8-13(14)15-19-16(21-20-15)17(10-11-17)12-6-2-1-3-7-12/h1-9H,10-11,18H2. The van der Waals surface area contributed by atoms with Gasteiger partial charge in [0.25, 0.3) is 0 Å². The molecule has 1 heterocycles. The minimum absolute atomic E-state index is 0.101. The lowest BCUT2D eigenvalue weighted by Gasteiger charge is -2.09. The number of anilines is 1. The molecule has 0 unspecified atom stereocenters. The van der Waals surface area contributed by atoms with Crippen molar-refractivity contribution in [1.82, 2.24) is 10.1 Å². The highest BCUT2D eigenvalue weighted by Gasteiger charge is 2.50. The van der Waals surface area contributed by atoms with Gasteiger partial charge in [0.05, 0.1) is 5.41 Å². The molecule has 0 bridgehead atoms. The Hall–Kier alpha value is -2.62. The Balaban J connectivity index is 1.74. The van der Waals surface area contributed by atoms with E-state index >= 15 is 0 Å². The smallest absolute Gasteiger partial charge is 0.237 e. The van der Waals surface area contributed by atoms with E-state index in [2.05, 4.69) is 22.3 Å². The molecule has 0 atom stereocenters. The fraction of sp³-hybridized carbons (Fsp3) is 0.176. The van der Waals surface area contributed by atoms with Crippen molar-refractivity contribution < 1.29 is 4.52 Å². The van der Waals surface area contributed by atoms with Gasteiger partial charge in [0.15, 0.2) is 0 Å². The predicted molar refractivity (Wildman–Crippen MR) is 80.6 cm³/mol. The summed E-state index contributed by atoms with van der Waals surface area (Å²) in [7, 11) is 0. The summed E-state index contributed by atoms with van der Waals surface area (Å²) in [5.41, 5.74) is 8.59. The first-order valence-electron chi connectivity index (χ1n) is 7.04. The Morgan fingerprint density at radius 3 is 2.38 bits per heavy atom. The van der Waals surface area contributed by atoms with E-state index < -0.39 is 0 Å². The summed E-state index contributed by atoms with van der Waals surface area (Å²) in [6.45, 7) is 0. The maximum absolute atomic E-state index is 5.98. The van der Waals surface area contributed by atoms with Gasteiger partial charge < -0.3 is 10.3 Å².